The molecule has 2 fully saturated rings. The van der Waals surface area contributed by atoms with Gasteiger partial charge in [-0.2, -0.15) is 0 Å². The van der Waals surface area contributed by atoms with Gasteiger partial charge in [-0.05, 0) is 39.2 Å². The molecule has 1 aliphatic carbocycles. The summed E-state index contributed by atoms with van der Waals surface area (Å²) in [5.74, 6) is -0.830. The lowest BCUT2D eigenvalue weighted by molar-refractivity contribution is -0.141. The molecule has 0 bridgehead atoms. The fourth-order valence-corrected chi connectivity index (χ4v) is 2.64. The minimum absolute atomic E-state index is 0.00319. The highest BCUT2D eigenvalue weighted by atomic mass is 16.4. The minimum atomic E-state index is -0.834. The Hall–Kier alpha value is -1.10. The normalized spacial score (nSPS) is 30.6. The number of carboxylic acid groups (broad SMARTS) is 1. The van der Waals surface area contributed by atoms with Crippen LogP contribution in [0.25, 0.3) is 0 Å². The third-order valence-electron chi connectivity index (χ3n) is 4.10. The van der Waals surface area contributed by atoms with Crippen LogP contribution < -0.4 is 10.6 Å². The number of carbonyl (C=O) groups excluding carboxylic acids is 1. The molecule has 1 unspecified atom stereocenters. The maximum atomic E-state index is 12.2. The van der Waals surface area contributed by atoms with Gasteiger partial charge in [-0.3, -0.25) is 9.59 Å². The molecule has 1 aliphatic heterocycles. The van der Waals surface area contributed by atoms with E-state index < -0.39 is 11.5 Å². The Morgan fingerprint density at radius 3 is 2.47 bits per heavy atom. The Balaban J connectivity index is 1.99. The van der Waals surface area contributed by atoms with Gasteiger partial charge >= 0.3 is 5.97 Å². The first-order chi connectivity index (χ1) is 7.96. The molecule has 96 valence electrons. The Morgan fingerprint density at radius 2 is 2.06 bits per heavy atom. The number of carboxylic acids is 1. The van der Waals surface area contributed by atoms with Crippen LogP contribution in [0.5, 0.6) is 0 Å². The summed E-state index contributed by atoms with van der Waals surface area (Å²) in [6.45, 7) is 3.48. The minimum Gasteiger partial charge on any atom is -0.481 e. The molecule has 2 rings (SSSR count). The van der Waals surface area contributed by atoms with Crippen LogP contribution >= 0.6 is 0 Å². The number of carbonyl (C=O) groups is 2. The first-order valence-corrected chi connectivity index (χ1v) is 6.21. The lowest BCUT2D eigenvalue weighted by Crippen LogP contribution is -2.58. The lowest BCUT2D eigenvalue weighted by atomic mass is 9.73. The van der Waals surface area contributed by atoms with Crippen molar-refractivity contribution in [3.05, 3.63) is 0 Å². The molecule has 5 heteroatoms. The Morgan fingerprint density at radius 1 is 1.35 bits per heavy atom. The van der Waals surface area contributed by atoms with Crippen molar-refractivity contribution in [3.8, 4) is 0 Å². The second kappa shape index (κ2) is 4.29. The average molecular weight is 240 g/mol. The van der Waals surface area contributed by atoms with Crippen LogP contribution in [-0.2, 0) is 9.59 Å². The van der Waals surface area contributed by atoms with Gasteiger partial charge in [-0.15, -0.1) is 0 Å². The van der Waals surface area contributed by atoms with Crippen LogP contribution in [0.1, 0.15) is 39.0 Å². The summed E-state index contributed by atoms with van der Waals surface area (Å²) in [5.41, 5.74) is -0.852. The molecule has 1 amide bonds. The smallest absolute Gasteiger partial charge is 0.305 e. The summed E-state index contributed by atoms with van der Waals surface area (Å²) >= 11 is 0. The maximum absolute atomic E-state index is 12.2. The first-order valence-electron chi connectivity index (χ1n) is 6.21. The number of nitrogens with one attached hydrogen (secondary N) is 2. The van der Waals surface area contributed by atoms with Gasteiger partial charge in [0.1, 0.15) is 0 Å². The van der Waals surface area contributed by atoms with E-state index in [4.69, 9.17) is 5.11 Å². The van der Waals surface area contributed by atoms with Gasteiger partial charge in [0.25, 0.3) is 0 Å². The molecule has 1 saturated heterocycles. The first kappa shape index (κ1) is 12.4. The highest BCUT2D eigenvalue weighted by Crippen LogP contribution is 2.36. The number of amides is 1. The third kappa shape index (κ3) is 2.44. The van der Waals surface area contributed by atoms with Crippen molar-refractivity contribution in [3.63, 3.8) is 0 Å². The van der Waals surface area contributed by atoms with Crippen LogP contribution in [-0.4, -0.2) is 35.6 Å². The highest BCUT2D eigenvalue weighted by Gasteiger charge is 2.45. The monoisotopic (exact) mass is 240 g/mol. The van der Waals surface area contributed by atoms with Gasteiger partial charge in [0.2, 0.25) is 5.91 Å². The SMILES string of the molecule is CC1(C(=O)NC2(CC(=O)O)CCC2)CCNC1. The van der Waals surface area contributed by atoms with E-state index in [1.165, 1.54) is 0 Å². The lowest BCUT2D eigenvalue weighted by Gasteiger charge is -2.43. The zero-order chi connectivity index (χ0) is 12.5. The largest absolute Gasteiger partial charge is 0.481 e. The van der Waals surface area contributed by atoms with Gasteiger partial charge in [0.15, 0.2) is 0 Å². The van der Waals surface area contributed by atoms with Crippen LogP contribution in [0.3, 0.4) is 0 Å². The molecule has 1 atom stereocenters. The summed E-state index contributed by atoms with van der Waals surface area (Å²) < 4.78 is 0. The molecule has 0 spiro atoms. The second-order valence-corrected chi connectivity index (χ2v) is 5.65. The van der Waals surface area contributed by atoms with Crippen LogP contribution in [0.4, 0.5) is 0 Å². The summed E-state index contributed by atoms with van der Waals surface area (Å²) in [5, 5.41) is 15.1. The van der Waals surface area contributed by atoms with E-state index in [9.17, 15) is 9.59 Å². The molecular weight excluding hydrogens is 220 g/mol. The van der Waals surface area contributed by atoms with Gasteiger partial charge < -0.3 is 15.7 Å². The summed E-state index contributed by atoms with van der Waals surface area (Å²) in [6, 6.07) is 0. The van der Waals surface area contributed by atoms with Crippen LogP contribution in [0, 0.1) is 5.41 Å². The molecular formula is C12H20N2O3. The highest BCUT2D eigenvalue weighted by molar-refractivity contribution is 5.84. The summed E-state index contributed by atoms with van der Waals surface area (Å²) in [4.78, 5) is 23.0. The predicted molar refractivity (Wildman–Crippen MR) is 62.6 cm³/mol. The number of aliphatic carboxylic acids is 1. The molecule has 0 aromatic rings. The van der Waals surface area contributed by atoms with Crippen molar-refractivity contribution in [2.24, 2.45) is 5.41 Å². The Labute approximate surface area is 101 Å². The molecule has 1 heterocycles. The molecule has 0 aromatic heterocycles. The van der Waals surface area contributed by atoms with E-state index in [2.05, 4.69) is 10.6 Å². The third-order valence-corrected chi connectivity index (χ3v) is 4.10. The fraction of sp³-hybridized carbons (Fsp3) is 0.833. The Kier molecular flexibility index (Phi) is 3.12. The second-order valence-electron chi connectivity index (χ2n) is 5.65. The number of rotatable bonds is 4. The molecule has 0 aromatic carbocycles. The van der Waals surface area contributed by atoms with E-state index in [0.29, 0.717) is 6.54 Å². The topological polar surface area (TPSA) is 78.4 Å². The molecule has 17 heavy (non-hydrogen) atoms. The zero-order valence-electron chi connectivity index (χ0n) is 10.2. The van der Waals surface area contributed by atoms with Gasteiger partial charge in [-0.1, -0.05) is 0 Å². The van der Waals surface area contributed by atoms with Gasteiger partial charge in [-0.25, -0.2) is 0 Å². The molecule has 0 radical (unpaired) electrons. The van der Waals surface area contributed by atoms with E-state index in [1.54, 1.807) is 0 Å². The van der Waals surface area contributed by atoms with E-state index >= 15 is 0 Å². The Bertz CT molecular complexity index is 331. The van der Waals surface area contributed by atoms with Gasteiger partial charge in [0, 0.05) is 6.54 Å². The van der Waals surface area contributed by atoms with Crippen LogP contribution in [0.15, 0.2) is 0 Å². The van der Waals surface area contributed by atoms with Crippen molar-refractivity contribution in [1.82, 2.24) is 10.6 Å². The zero-order valence-corrected chi connectivity index (χ0v) is 10.2. The van der Waals surface area contributed by atoms with Crippen molar-refractivity contribution in [2.45, 2.75) is 44.6 Å². The average Bonchev–Trinajstić information content (AvgIpc) is 2.62. The van der Waals surface area contributed by atoms with E-state index in [1.807, 2.05) is 6.92 Å². The van der Waals surface area contributed by atoms with Crippen molar-refractivity contribution >= 4 is 11.9 Å². The van der Waals surface area contributed by atoms with Crippen molar-refractivity contribution in [2.75, 3.05) is 13.1 Å². The van der Waals surface area contributed by atoms with Gasteiger partial charge in [0.05, 0.1) is 17.4 Å². The molecule has 2 aliphatic rings. The summed E-state index contributed by atoms with van der Waals surface area (Å²) in [7, 11) is 0. The quantitative estimate of drug-likeness (QED) is 0.668. The number of hydrogen-bond acceptors (Lipinski definition) is 3. The van der Waals surface area contributed by atoms with Crippen molar-refractivity contribution < 1.29 is 14.7 Å². The maximum Gasteiger partial charge on any atom is 0.305 e. The molecule has 1 saturated carbocycles. The fourth-order valence-electron chi connectivity index (χ4n) is 2.64. The van der Waals surface area contributed by atoms with E-state index in [-0.39, 0.29) is 17.7 Å². The summed E-state index contributed by atoms with van der Waals surface area (Å²) in [6.07, 6.45) is 3.44. The van der Waals surface area contributed by atoms with E-state index in [0.717, 1.165) is 32.2 Å². The predicted octanol–water partition coefficient (Wildman–Crippen LogP) is 0.500. The van der Waals surface area contributed by atoms with Crippen molar-refractivity contribution in [1.29, 1.82) is 0 Å². The number of hydrogen-bond donors (Lipinski definition) is 3. The van der Waals surface area contributed by atoms with Crippen LogP contribution in [0.2, 0.25) is 0 Å². The molecule has 3 N–H and O–H groups in total. The standard InChI is InChI=1S/C12H20N2O3/c1-11(5-6-13-8-11)10(17)14-12(3-2-4-12)7-9(15)16/h13H,2-8H2,1H3,(H,14,17)(H,15,16). The molecule has 5 nitrogen and oxygen atoms in total.